The van der Waals surface area contributed by atoms with Crippen molar-refractivity contribution in [2.75, 3.05) is 23.1 Å². The molecule has 0 aliphatic carbocycles. The van der Waals surface area contributed by atoms with Crippen molar-refractivity contribution in [3.05, 3.63) is 72.4 Å². The van der Waals surface area contributed by atoms with Gasteiger partial charge in [0.25, 0.3) is 5.91 Å². The minimum absolute atomic E-state index is 0.147. The number of anilines is 4. The van der Waals surface area contributed by atoms with Gasteiger partial charge in [-0.05, 0) is 60.7 Å². The second kappa shape index (κ2) is 8.68. The van der Waals surface area contributed by atoms with E-state index in [2.05, 4.69) is 20.9 Å². The number of nitrogens with zero attached hydrogens (tertiary/aromatic N) is 1. The Morgan fingerprint density at radius 2 is 1.43 bits per heavy atom. The zero-order valence-corrected chi connectivity index (χ0v) is 15.5. The second-order valence-electron chi connectivity index (χ2n) is 6.00. The molecule has 0 aliphatic heterocycles. The maximum atomic E-state index is 12.4. The number of aromatic nitrogens is 1. The third kappa shape index (κ3) is 5.07. The van der Waals surface area contributed by atoms with E-state index >= 15 is 0 Å². The number of pyridine rings is 1. The summed E-state index contributed by atoms with van der Waals surface area (Å²) in [5, 5.41) is 8.63. The summed E-state index contributed by atoms with van der Waals surface area (Å²) >= 11 is 0. The fraction of sp³-hybridized carbons (Fsp3) is 0.0952. The molecule has 0 unspecified atom stereocenters. The average molecular weight is 376 g/mol. The summed E-state index contributed by atoms with van der Waals surface area (Å²) in [5.41, 5.74) is 2.59. The molecule has 3 rings (SSSR count). The summed E-state index contributed by atoms with van der Waals surface area (Å²) in [4.78, 5) is 27.7. The first kappa shape index (κ1) is 18.9. The Balaban J connectivity index is 1.60. The molecule has 7 nitrogen and oxygen atoms in total. The van der Waals surface area contributed by atoms with Crippen molar-refractivity contribution >= 4 is 34.7 Å². The Labute approximate surface area is 162 Å². The van der Waals surface area contributed by atoms with Crippen molar-refractivity contribution in [1.82, 2.24) is 4.98 Å². The van der Waals surface area contributed by atoms with Crippen molar-refractivity contribution in [3.63, 3.8) is 0 Å². The maximum absolute atomic E-state index is 12.4. The van der Waals surface area contributed by atoms with E-state index < -0.39 is 0 Å². The van der Waals surface area contributed by atoms with Gasteiger partial charge in [0.15, 0.2) is 0 Å². The van der Waals surface area contributed by atoms with Crippen LogP contribution in [0.2, 0.25) is 0 Å². The Morgan fingerprint density at radius 3 is 1.96 bits per heavy atom. The summed E-state index contributed by atoms with van der Waals surface area (Å²) in [6.07, 6.45) is 1.51. The van der Waals surface area contributed by atoms with Gasteiger partial charge in [0, 0.05) is 30.2 Å². The van der Waals surface area contributed by atoms with E-state index in [4.69, 9.17) is 4.74 Å². The molecule has 2 amide bonds. The van der Waals surface area contributed by atoms with Crippen LogP contribution in [-0.4, -0.2) is 23.9 Å². The van der Waals surface area contributed by atoms with Crippen molar-refractivity contribution < 1.29 is 14.3 Å². The van der Waals surface area contributed by atoms with E-state index in [1.54, 1.807) is 43.5 Å². The number of ether oxygens (including phenoxy) is 1. The van der Waals surface area contributed by atoms with Crippen molar-refractivity contribution in [2.45, 2.75) is 6.92 Å². The van der Waals surface area contributed by atoms with E-state index in [9.17, 15) is 9.59 Å². The van der Waals surface area contributed by atoms with Gasteiger partial charge in [0.1, 0.15) is 11.6 Å². The summed E-state index contributed by atoms with van der Waals surface area (Å²) in [6.45, 7) is 1.44. The molecule has 1 aromatic heterocycles. The lowest BCUT2D eigenvalue weighted by Crippen LogP contribution is -2.12. The first-order valence-corrected chi connectivity index (χ1v) is 8.59. The van der Waals surface area contributed by atoms with Crippen LogP contribution >= 0.6 is 0 Å². The van der Waals surface area contributed by atoms with Crippen LogP contribution in [0.1, 0.15) is 17.3 Å². The van der Waals surface area contributed by atoms with Crippen LogP contribution in [0, 0.1) is 0 Å². The van der Waals surface area contributed by atoms with Gasteiger partial charge in [-0.1, -0.05) is 0 Å². The molecule has 142 valence electrons. The number of amides is 2. The van der Waals surface area contributed by atoms with E-state index in [0.29, 0.717) is 22.8 Å². The summed E-state index contributed by atoms with van der Waals surface area (Å²) < 4.78 is 5.13. The van der Waals surface area contributed by atoms with Gasteiger partial charge in [0.05, 0.1) is 12.7 Å². The maximum Gasteiger partial charge on any atom is 0.257 e. The minimum Gasteiger partial charge on any atom is -0.497 e. The van der Waals surface area contributed by atoms with E-state index in [0.717, 1.165) is 11.4 Å². The molecule has 1 heterocycles. The second-order valence-corrected chi connectivity index (χ2v) is 6.00. The molecule has 0 saturated carbocycles. The van der Waals surface area contributed by atoms with Crippen molar-refractivity contribution in [3.8, 4) is 5.75 Å². The van der Waals surface area contributed by atoms with Gasteiger partial charge >= 0.3 is 0 Å². The van der Waals surface area contributed by atoms with Crippen LogP contribution in [0.4, 0.5) is 22.9 Å². The predicted octanol–water partition coefficient (Wildman–Crippen LogP) is 4.04. The third-order valence-corrected chi connectivity index (χ3v) is 3.85. The van der Waals surface area contributed by atoms with Crippen LogP contribution in [-0.2, 0) is 4.79 Å². The number of methoxy groups -OCH3 is 1. The van der Waals surface area contributed by atoms with Gasteiger partial charge in [-0.25, -0.2) is 4.98 Å². The molecule has 3 N–H and O–H groups in total. The quantitative estimate of drug-likeness (QED) is 0.604. The Morgan fingerprint density at radius 1 is 0.821 bits per heavy atom. The monoisotopic (exact) mass is 376 g/mol. The molecule has 0 bridgehead atoms. The van der Waals surface area contributed by atoms with Crippen LogP contribution in [0.5, 0.6) is 5.75 Å². The topological polar surface area (TPSA) is 92.4 Å². The molecule has 0 radical (unpaired) electrons. The number of hydrogen-bond donors (Lipinski definition) is 3. The van der Waals surface area contributed by atoms with Crippen molar-refractivity contribution in [2.24, 2.45) is 0 Å². The fourth-order valence-electron chi connectivity index (χ4n) is 2.47. The predicted molar refractivity (Wildman–Crippen MR) is 109 cm³/mol. The number of carbonyl (C=O) groups excluding carboxylic acids is 2. The lowest BCUT2D eigenvalue weighted by atomic mass is 10.2. The molecule has 2 aromatic carbocycles. The van der Waals surface area contributed by atoms with E-state index in [1.165, 1.54) is 13.1 Å². The van der Waals surface area contributed by atoms with E-state index in [-0.39, 0.29) is 11.8 Å². The minimum atomic E-state index is -0.268. The standard InChI is InChI=1S/C21H20N4O3/c1-14(26)23-16-4-6-18(7-5-16)25-21(27)15-3-12-20(22-13-15)24-17-8-10-19(28-2)11-9-17/h3-13H,1-2H3,(H,22,24)(H,23,26)(H,25,27). The molecular weight excluding hydrogens is 356 g/mol. The van der Waals surface area contributed by atoms with Gasteiger partial charge in [-0.2, -0.15) is 0 Å². The highest BCUT2D eigenvalue weighted by molar-refractivity contribution is 6.04. The molecule has 0 fully saturated rings. The zero-order valence-electron chi connectivity index (χ0n) is 15.5. The Hall–Kier alpha value is -3.87. The molecule has 0 atom stereocenters. The number of rotatable bonds is 6. The Bertz CT molecular complexity index is 952. The van der Waals surface area contributed by atoms with Crippen molar-refractivity contribution in [1.29, 1.82) is 0 Å². The van der Waals surface area contributed by atoms with Crippen LogP contribution in [0.15, 0.2) is 66.9 Å². The summed E-state index contributed by atoms with van der Waals surface area (Å²) in [7, 11) is 1.62. The molecule has 0 spiro atoms. The SMILES string of the molecule is COc1ccc(Nc2ccc(C(=O)Nc3ccc(NC(C)=O)cc3)cn2)cc1. The Kier molecular flexibility index (Phi) is 5.86. The highest BCUT2D eigenvalue weighted by atomic mass is 16.5. The van der Waals surface area contributed by atoms with Crippen LogP contribution < -0.4 is 20.7 Å². The fourth-order valence-corrected chi connectivity index (χ4v) is 2.47. The largest absolute Gasteiger partial charge is 0.497 e. The van der Waals surface area contributed by atoms with Crippen LogP contribution in [0.25, 0.3) is 0 Å². The average Bonchev–Trinajstić information content (AvgIpc) is 2.70. The lowest BCUT2D eigenvalue weighted by molar-refractivity contribution is -0.114. The highest BCUT2D eigenvalue weighted by Crippen LogP contribution is 2.19. The molecule has 28 heavy (non-hydrogen) atoms. The molecule has 7 heteroatoms. The van der Waals surface area contributed by atoms with E-state index in [1.807, 2.05) is 24.3 Å². The normalized spacial score (nSPS) is 10.1. The molecule has 0 aliphatic rings. The number of benzene rings is 2. The van der Waals surface area contributed by atoms with Gasteiger partial charge in [-0.3, -0.25) is 9.59 Å². The van der Waals surface area contributed by atoms with Gasteiger partial charge in [0.2, 0.25) is 5.91 Å². The summed E-state index contributed by atoms with van der Waals surface area (Å²) in [5.74, 6) is 0.985. The van der Waals surface area contributed by atoms with Gasteiger partial charge < -0.3 is 20.7 Å². The summed E-state index contributed by atoms with van der Waals surface area (Å²) in [6, 6.07) is 17.8. The first-order valence-electron chi connectivity index (χ1n) is 8.59. The zero-order chi connectivity index (χ0) is 19.9. The number of hydrogen-bond acceptors (Lipinski definition) is 5. The molecule has 0 saturated heterocycles. The number of carbonyl (C=O) groups is 2. The van der Waals surface area contributed by atoms with Gasteiger partial charge in [-0.15, -0.1) is 0 Å². The smallest absolute Gasteiger partial charge is 0.257 e. The molecular formula is C21H20N4O3. The van der Waals surface area contributed by atoms with Crippen LogP contribution in [0.3, 0.4) is 0 Å². The number of nitrogens with one attached hydrogen (secondary N) is 3. The first-order chi connectivity index (χ1) is 13.5. The third-order valence-electron chi connectivity index (χ3n) is 3.85. The lowest BCUT2D eigenvalue weighted by Gasteiger charge is -2.09. The highest BCUT2D eigenvalue weighted by Gasteiger charge is 2.07. The molecule has 3 aromatic rings.